The van der Waals surface area contributed by atoms with Crippen molar-refractivity contribution >= 4 is 0 Å². The van der Waals surface area contributed by atoms with Crippen LogP contribution in [0.3, 0.4) is 0 Å². The summed E-state index contributed by atoms with van der Waals surface area (Å²) in [6, 6.07) is 15.7. The van der Waals surface area contributed by atoms with Gasteiger partial charge in [0, 0.05) is 11.5 Å². The van der Waals surface area contributed by atoms with Gasteiger partial charge in [-0.15, -0.1) is 0 Å². The van der Waals surface area contributed by atoms with E-state index in [1.807, 2.05) is 55.5 Å². The summed E-state index contributed by atoms with van der Waals surface area (Å²) >= 11 is 0. The van der Waals surface area contributed by atoms with Crippen molar-refractivity contribution < 1.29 is 19.7 Å². The maximum absolute atomic E-state index is 10.3. The minimum absolute atomic E-state index is 0.0209. The minimum atomic E-state index is -1.27. The molecule has 0 fully saturated rings. The molecule has 4 nitrogen and oxygen atoms in total. The summed E-state index contributed by atoms with van der Waals surface area (Å²) in [5, 5.41) is 19.6. The normalized spacial score (nSPS) is 22.1. The standard InChI is InChI=1S/C19H22O4/c1-13-16-10-15(22-11-14-6-4-3-5-7-14)8-9-17(16)23-18(13)19(2,21)12-20/h3-10,13,18,20-21H,11-12H2,1-2H3/t13-,18-,19?/m1/s1. The Labute approximate surface area is 136 Å². The van der Waals surface area contributed by atoms with Crippen LogP contribution in [0.25, 0.3) is 0 Å². The molecule has 2 aromatic rings. The van der Waals surface area contributed by atoms with Gasteiger partial charge in [-0.05, 0) is 30.7 Å². The van der Waals surface area contributed by atoms with E-state index >= 15 is 0 Å². The van der Waals surface area contributed by atoms with Crippen molar-refractivity contribution in [3.8, 4) is 11.5 Å². The molecule has 1 heterocycles. The molecule has 1 aliphatic heterocycles. The van der Waals surface area contributed by atoms with Gasteiger partial charge >= 0.3 is 0 Å². The second-order valence-corrected chi connectivity index (χ2v) is 6.32. The summed E-state index contributed by atoms with van der Waals surface area (Å²) in [6.07, 6.45) is -0.466. The number of fused-ring (bicyclic) bond motifs is 1. The molecule has 4 heteroatoms. The maximum Gasteiger partial charge on any atom is 0.136 e. The molecule has 0 radical (unpaired) electrons. The van der Waals surface area contributed by atoms with Gasteiger partial charge in [0.2, 0.25) is 0 Å². The lowest BCUT2D eigenvalue weighted by Gasteiger charge is -2.30. The number of aliphatic hydroxyl groups is 2. The lowest BCUT2D eigenvalue weighted by molar-refractivity contribution is -0.0799. The second-order valence-electron chi connectivity index (χ2n) is 6.32. The van der Waals surface area contributed by atoms with Gasteiger partial charge in [-0.2, -0.15) is 0 Å². The zero-order chi connectivity index (χ0) is 16.4. The summed E-state index contributed by atoms with van der Waals surface area (Å²) in [5.41, 5.74) is 0.830. The fourth-order valence-corrected chi connectivity index (χ4v) is 2.98. The van der Waals surface area contributed by atoms with Gasteiger partial charge in [0.05, 0.1) is 6.61 Å². The van der Waals surface area contributed by atoms with Crippen LogP contribution in [0.5, 0.6) is 11.5 Å². The molecular weight excluding hydrogens is 292 g/mol. The lowest BCUT2D eigenvalue weighted by atomic mass is 9.87. The molecule has 0 saturated heterocycles. The number of aliphatic hydroxyl groups excluding tert-OH is 1. The summed E-state index contributed by atoms with van der Waals surface area (Å²) in [5.74, 6) is 1.49. The summed E-state index contributed by atoms with van der Waals surface area (Å²) in [6.45, 7) is 3.74. The first-order valence-electron chi connectivity index (χ1n) is 7.82. The monoisotopic (exact) mass is 314 g/mol. The van der Waals surface area contributed by atoms with Crippen LogP contribution in [-0.4, -0.2) is 28.5 Å². The van der Waals surface area contributed by atoms with Crippen LogP contribution in [0.1, 0.15) is 30.9 Å². The van der Waals surface area contributed by atoms with Gasteiger partial charge in [-0.3, -0.25) is 0 Å². The first-order valence-corrected chi connectivity index (χ1v) is 7.82. The number of benzene rings is 2. The minimum Gasteiger partial charge on any atom is -0.489 e. The zero-order valence-electron chi connectivity index (χ0n) is 13.4. The zero-order valence-corrected chi connectivity index (χ0v) is 13.4. The molecule has 0 aliphatic carbocycles. The highest BCUT2D eigenvalue weighted by atomic mass is 16.5. The van der Waals surface area contributed by atoms with E-state index in [0.717, 1.165) is 22.6 Å². The molecule has 2 aromatic carbocycles. The van der Waals surface area contributed by atoms with Crippen LogP contribution in [0.15, 0.2) is 48.5 Å². The van der Waals surface area contributed by atoms with Gasteiger partial charge in [-0.1, -0.05) is 37.3 Å². The van der Waals surface area contributed by atoms with E-state index < -0.39 is 11.7 Å². The van der Waals surface area contributed by atoms with Crippen LogP contribution in [0, 0.1) is 0 Å². The molecular formula is C19H22O4. The largest absolute Gasteiger partial charge is 0.489 e. The fourth-order valence-electron chi connectivity index (χ4n) is 2.98. The van der Waals surface area contributed by atoms with Crippen LogP contribution >= 0.6 is 0 Å². The van der Waals surface area contributed by atoms with Gasteiger partial charge in [-0.25, -0.2) is 0 Å². The smallest absolute Gasteiger partial charge is 0.136 e. The Kier molecular flexibility index (Phi) is 4.28. The Morgan fingerprint density at radius 3 is 2.61 bits per heavy atom. The van der Waals surface area contributed by atoms with Crippen molar-refractivity contribution in [3.05, 3.63) is 59.7 Å². The predicted octanol–water partition coefficient (Wildman–Crippen LogP) is 2.87. The van der Waals surface area contributed by atoms with Gasteiger partial charge in [0.1, 0.15) is 29.8 Å². The third-order valence-electron chi connectivity index (χ3n) is 4.36. The van der Waals surface area contributed by atoms with Crippen molar-refractivity contribution in [2.75, 3.05) is 6.61 Å². The van der Waals surface area contributed by atoms with Crippen LogP contribution < -0.4 is 9.47 Å². The number of hydrogen-bond acceptors (Lipinski definition) is 4. The lowest BCUT2D eigenvalue weighted by Crippen LogP contribution is -2.46. The van der Waals surface area contributed by atoms with Crippen molar-refractivity contribution in [1.29, 1.82) is 0 Å². The third kappa shape index (κ3) is 3.19. The molecule has 0 saturated carbocycles. The number of hydrogen-bond donors (Lipinski definition) is 2. The highest BCUT2D eigenvalue weighted by Gasteiger charge is 2.43. The van der Waals surface area contributed by atoms with E-state index in [1.165, 1.54) is 0 Å². The van der Waals surface area contributed by atoms with E-state index in [-0.39, 0.29) is 12.5 Å². The number of ether oxygens (including phenoxy) is 2. The van der Waals surface area contributed by atoms with E-state index in [1.54, 1.807) is 6.92 Å². The van der Waals surface area contributed by atoms with Crippen molar-refractivity contribution in [3.63, 3.8) is 0 Å². The molecule has 3 atom stereocenters. The summed E-state index contributed by atoms with van der Waals surface area (Å²) < 4.78 is 11.7. The molecule has 0 bridgehead atoms. The third-order valence-corrected chi connectivity index (χ3v) is 4.36. The van der Waals surface area contributed by atoms with Crippen LogP contribution in [0.2, 0.25) is 0 Å². The average molecular weight is 314 g/mol. The van der Waals surface area contributed by atoms with E-state index in [0.29, 0.717) is 6.61 Å². The van der Waals surface area contributed by atoms with Crippen molar-refractivity contribution in [2.45, 2.75) is 38.1 Å². The highest BCUT2D eigenvalue weighted by molar-refractivity contribution is 5.46. The second kappa shape index (κ2) is 6.22. The molecule has 0 spiro atoms. The SMILES string of the molecule is C[C@@H]1c2cc(OCc3ccccc3)ccc2O[C@H]1C(C)(O)CO. The summed E-state index contributed by atoms with van der Waals surface area (Å²) in [4.78, 5) is 0. The Hall–Kier alpha value is -2.04. The van der Waals surface area contributed by atoms with Crippen LogP contribution in [-0.2, 0) is 6.61 Å². The first kappa shape index (κ1) is 15.8. The van der Waals surface area contributed by atoms with Crippen molar-refractivity contribution in [2.24, 2.45) is 0 Å². The quantitative estimate of drug-likeness (QED) is 0.891. The topological polar surface area (TPSA) is 58.9 Å². The molecule has 23 heavy (non-hydrogen) atoms. The molecule has 0 amide bonds. The van der Waals surface area contributed by atoms with E-state index in [4.69, 9.17) is 9.47 Å². The Balaban J connectivity index is 1.74. The predicted molar refractivity (Wildman–Crippen MR) is 87.8 cm³/mol. The molecule has 0 aromatic heterocycles. The number of rotatable bonds is 5. The molecule has 122 valence electrons. The Bertz CT molecular complexity index is 666. The fraction of sp³-hybridized carbons (Fsp3) is 0.368. The van der Waals surface area contributed by atoms with E-state index in [2.05, 4.69) is 0 Å². The Morgan fingerprint density at radius 2 is 1.91 bits per heavy atom. The van der Waals surface area contributed by atoms with Crippen LogP contribution in [0.4, 0.5) is 0 Å². The average Bonchev–Trinajstić information content (AvgIpc) is 2.91. The van der Waals surface area contributed by atoms with Crippen molar-refractivity contribution in [1.82, 2.24) is 0 Å². The maximum atomic E-state index is 10.3. The van der Waals surface area contributed by atoms with Gasteiger partial charge in [0.15, 0.2) is 0 Å². The molecule has 1 aliphatic rings. The van der Waals surface area contributed by atoms with Gasteiger partial charge in [0.25, 0.3) is 0 Å². The first-order chi connectivity index (χ1) is 11.0. The molecule has 3 rings (SSSR count). The van der Waals surface area contributed by atoms with Gasteiger partial charge < -0.3 is 19.7 Å². The van der Waals surface area contributed by atoms with E-state index in [9.17, 15) is 10.2 Å². The molecule has 2 N–H and O–H groups in total. The molecule has 1 unspecified atom stereocenters. The highest BCUT2D eigenvalue weighted by Crippen LogP contribution is 2.43. The Morgan fingerprint density at radius 1 is 1.17 bits per heavy atom. The summed E-state index contributed by atoms with van der Waals surface area (Å²) in [7, 11) is 0.